The molecule has 10 heteroatoms. The van der Waals surface area contributed by atoms with Gasteiger partial charge in [0.25, 0.3) is 0 Å². The zero-order valence-corrected chi connectivity index (χ0v) is 19.5. The van der Waals surface area contributed by atoms with E-state index in [1.54, 1.807) is 29.1 Å². The molecule has 0 unspecified atom stereocenters. The van der Waals surface area contributed by atoms with Crippen molar-refractivity contribution in [2.75, 3.05) is 13.7 Å². The van der Waals surface area contributed by atoms with E-state index in [-0.39, 0.29) is 29.4 Å². The molecule has 1 aromatic carbocycles. The molecule has 2 aromatic rings. The minimum atomic E-state index is -0.553. The lowest BCUT2D eigenvalue weighted by Gasteiger charge is -2.26. The summed E-state index contributed by atoms with van der Waals surface area (Å²) in [6, 6.07) is 4.55. The number of nitrogens with zero attached hydrogens (tertiary/aromatic N) is 4. The highest BCUT2D eigenvalue weighted by atomic mass is 35.5. The van der Waals surface area contributed by atoms with Crippen LogP contribution in [0.2, 0.25) is 5.02 Å². The summed E-state index contributed by atoms with van der Waals surface area (Å²) in [7, 11) is 1.30. The molecular formula is C23H30ClN5O4. The number of hydrogen-bond donors (Lipinski definition) is 2. The lowest BCUT2D eigenvalue weighted by Crippen LogP contribution is -2.46. The number of nitrogens with one attached hydrogen (secondary N) is 1. The predicted molar refractivity (Wildman–Crippen MR) is 122 cm³/mol. The number of rotatable bonds is 6. The molecule has 2 heterocycles. The molecule has 1 aromatic heterocycles. The Bertz CT molecular complexity index is 989. The number of hydrogen-bond acceptors (Lipinski definition) is 7. The van der Waals surface area contributed by atoms with Gasteiger partial charge in [-0.05, 0) is 37.5 Å². The predicted octanol–water partition coefficient (Wildman–Crippen LogP) is 3.08. The van der Waals surface area contributed by atoms with Gasteiger partial charge in [-0.1, -0.05) is 42.5 Å². The quantitative estimate of drug-likeness (QED) is 0.488. The monoisotopic (exact) mass is 475 g/mol. The summed E-state index contributed by atoms with van der Waals surface area (Å²) >= 11 is 6.14. The van der Waals surface area contributed by atoms with E-state index in [9.17, 15) is 14.7 Å². The lowest BCUT2D eigenvalue weighted by molar-refractivity contribution is -0.126. The van der Waals surface area contributed by atoms with E-state index in [0.717, 1.165) is 25.7 Å². The summed E-state index contributed by atoms with van der Waals surface area (Å²) in [5.74, 6) is -0.429. The molecule has 2 aliphatic rings. The van der Waals surface area contributed by atoms with E-state index in [4.69, 9.17) is 16.3 Å². The van der Waals surface area contributed by atoms with Gasteiger partial charge in [0, 0.05) is 29.7 Å². The topological polar surface area (TPSA) is 110 Å². The van der Waals surface area contributed by atoms with Crippen LogP contribution >= 0.6 is 11.6 Å². The number of likely N-dealkylation sites (tertiary alicyclic amines) is 1. The number of phenols is 1. The molecule has 1 amide bonds. The smallest absolute Gasteiger partial charge is 0.360 e. The second-order valence-corrected chi connectivity index (χ2v) is 9.32. The molecular weight excluding hydrogens is 446 g/mol. The fraction of sp³-hybridized carbons (Fsp3) is 0.565. The highest BCUT2D eigenvalue weighted by Gasteiger charge is 2.39. The zero-order chi connectivity index (χ0) is 23.4. The number of aromatic nitrogens is 3. The summed E-state index contributed by atoms with van der Waals surface area (Å²) in [4.78, 5) is 27.2. The number of aromatic hydroxyl groups is 1. The van der Waals surface area contributed by atoms with Crippen LogP contribution < -0.4 is 5.32 Å². The van der Waals surface area contributed by atoms with Crippen molar-refractivity contribution in [3.05, 3.63) is 40.7 Å². The van der Waals surface area contributed by atoms with Crippen LogP contribution in [-0.2, 0) is 16.1 Å². The Morgan fingerprint density at radius 3 is 2.73 bits per heavy atom. The first-order chi connectivity index (χ1) is 15.9. The minimum absolute atomic E-state index is 0.0146. The number of ether oxygens (including phenoxy) is 1. The van der Waals surface area contributed by atoms with E-state index in [0.29, 0.717) is 30.1 Å². The molecule has 1 saturated carbocycles. The Morgan fingerprint density at radius 2 is 2.00 bits per heavy atom. The highest BCUT2D eigenvalue weighted by molar-refractivity contribution is 6.30. The van der Waals surface area contributed by atoms with Crippen LogP contribution in [-0.4, -0.2) is 62.6 Å². The van der Waals surface area contributed by atoms with Gasteiger partial charge in [-0.3, -0.25) is 9.69 Å². The Kier molecular flexibility index (Phi) is 7.49. The molecule has 1 saturated heterocycles. The third-order valence-electron chi connectivity index (χ3n) is 6.58. The molecule has 1 aliphatic heterocycles. The second kappa shape index (κ2) is 10.5. The van der Waals surface area contributed by atoms with Crippen molar-refractivity contribution in [2.24, 2.45) is 0 Å². The number of amides is 1. The third-order valence-corrected chi connectivity index (χ3v) is 6.81. The summed E-state index contributed by atoms with van der Waals surface area (Å²) < 4.78 is 6.34. The second-order valence-electron chi connectivity index (χ2n) is 8.88. The molecule has 0 spiro atoms. The van der Waals surface area contributed by atoms with Gasteiger partial charge in [-0.25, -0.2) is 9.48 Å². The Balaban J connectivity index is 1.53. The van der Waals surface area contributed by atoms with Crippen LogP contribution in [0.1, 0.15) is 67.0 Å². The highest BCUT2D eigenvalue weighted by Crippen LogP contribution is 2.32. The van der Waals surface area contributed by atoms with Crippen LogP contribution in [0.25, 0.3) is 0 Å². The lowest BCUT2D eigenvalue weighted by atomic mass is 10.1. The largest absolute Gasteiger partial charge is 0.508 e. The first-order valence-corrected chi connectivity index (χ1v) is 11.8. The fourth-order valence-electron chi connectivity index (χ4n) is 4.79. The molecule has 33 heavy (non-hydrogen) atoms. The SMILES string of the molecule is COC(=O)c1cn([C@H]2C[C@@H](C(=O)NC3CCCCCC3)N(Cc3cc(Cl)ccc3O)C2)nn1. The van der Waals surface area contributed by atoms with E-state index in [1.807, 2.05) is 4.90 Å². The van der Waals surface area contributed by atoms with Crippen molar-refractivity contribution in [2.45, 2.75) is 69.6 Å². The summed E-state index contributed by atoms with van der Waals surface area (Å²) in [5.41, 5.74) is 0.784. The maximum Gasteiger partial charge on any atom is 0.360 e. The molecule has 9 nitrogen and oxygen atoms in total. The molecule has 4 rings (SSSR count). The van der Waals surface area contributed by atoms with Gasteiger partial charge < -0.3 is 15.2 Å². The number of carbonyl (C=O) groups excluding carboxylic acids is 2. The van der Waals surface area contributed by atoms with E-state index in [2.05, 4.69) is 15.6 Å². The number of methoxy groups -OCH3 is 1. The van der Waals surface area contributed by atoms with E-state index < -0.39 is 12.0 Å². The number of carbonyl (C=O) groups is 2. The average Bonchev–Trinajstić information content (AvgIpc) is 3.38. The molecule has 178 valence electrons. The molecule has 2 N–H and O–H groups in total. The maximum absolute atomic E-state index is 13.4. The van der Waals surface area contributed by atoms with Crippen molar-refractivity contribution in [3.8, 4) is 5.75 Å². The number of benzene rings is 1. The number of phenolic OH excluding ortho intramolecular Hbond substituents is 1. The van der Waals surface area contributed by atoms with Gasteiger partial charge in [-0.2, -0.15) is 0 Å². The Labute approximate surface area is 198 Å². The van der Waals surface area contributed by atoms with E-state index in [1.165, 1.54) is 20.0 Å². The average molecular weight is 476 g/mol. The Hall–Kier alpha value is -2.65. The van der Waals surface area contributed by atoms with Crippen LogP contribution in [0, 0.1) is 0 Å². The van der Waals surface area contributed by atoms with Gasteiger partial charge in [0.05, 0.1) is 25.4 Å². The van der Waals surface area contributed by atoms with Crippen LogP contribution in [0.3, 0.4) is 0 Å². The molecule has 2 atom stereocenters. The van der Waals surface area contributed by atoms with Crippen LogP contribution in [0.15, 0.2) is 24.4 Å². The van der Waals surface area contributed by atoms with Crippen LogP contribution in [0.4, 0.5) is 0 Å². The van der Waals surface area contributed by atoms with Crippen molar-refractivity contribution in [1.82, 2.24) is 25.2 Å². The third kappa shape index (κ3) is 5.65. The normalized spacial score (nSPS) is 22.1. The van der Waals surface area contributed by atoms with Crippen molar-refractivity contribution < 1.29 is 19.4 Å². The summed E-state index contributed by atoms with van der Waals surface area (Å²) in [5, 5.41) is 22.1. The van der Waals surface area contributed by atoms with Gasteiger partial charge in [0.1, 0.15) is 5.75 Å². The van der Waals surface area contributed by atoms with Crippen molar-refractivity contribution in [1.29, 1.82) is 0 Å². The van der Waals surface area contributed by atoms with E-state index >= 15 is 0 Å². The molecule has 2 fully saturated rings. The zero-order valence-electron chi connectivity index (χ0n) is 18.7. The first kappa shape index (κ1) is 23.5. The molecule has 0 bridgehead atoms. The van der Waals surface area contributed by atoms with Crippen molar-refractivity contribution >= 4 is 23.5 Å². The van der Waals surface area contributed by atoms with Crippen LogP contribution in [0.5, 0.6) is 5.75 Å². The maximum atomic E-state index is 13.4. The van der Waals surface area contributed by atoms with Gasteiger partial charge in [0.15, 0.2) is 5.69 Å². The fourth-order valence-corrected chi connectivity index (χ4v) is 4.99. The number of esters is 1. The standard InChI is InChI=1S/C23H30ClN5O4/c1-33-23(32)19-14-29(27-26-19)18-11-20(22(31)25-17-6-4-2-3-5-7-17)28(13-18)12-15-10-16(24)8-9-21(15)30/h8-10,14,17-18,20,30H,2-7,11-13H2,1H3,(H,25,31)/t18-,20-/m0/s1. The summed E-state index contributed by atoms with van der Waals surface area (Å²) in [6.07, 6.45) is 8.77. The number of halogens is 1. The molecule has 1 aliphatic carbocycles. The van der Waals surface area contributed by atoms with Gasteiger partial charge in [0.2, 0.25) is 5.91 Å². The first-order valence-electron chi connectivity index (χ1n) is 11.5. The Morgan fingerprint density at radius 1 is 1.24 bits per heavy atom. The summed E-state index contributed by atoms with van der Waals surface area (Å²) in [6.45, 7) is 0.878. The van der Waals surface area contributed by atoms with Crippen molar-refractivity contribution in [3.63, 3.8) is 0 Å². The molecule has 0 radical (unpaired) electrons. The van der Waals surface area contributed by atoms with Gasteiger partial charge >= 0.3 is 5.97 Å². The minimum Gasteiger partial charge on any atom is -0.508 e. The van der Waals surface area contributed by atoms with Gasteiger partial charge in [-0.15, -0.1) is 5.10 Å².